The minimum absolute atomic E-state index is 0.0380. The van der Waals surface area contributed by atoms with E-state index in [0.717, 1.165) is 69.6 Å². The molecule has 2 aliphatic heterocycles. The lowest BCUT2D eigenvalue weighted by molar-refractivity contribution is -0.135. The molecule has 13 nitrogen and oxygen atoms in total. The van der Waals surface area contributed by atoms with Gasteiger partial charge < -0.3 is 10.2 Å². The smallest absolute Gasteiger partial charge is 0.329 e. The lowest BCUT2D eigenvalue weighted by Gasteiger charge is -2.39. The van der Waals surface area contributed by atoms with E-state index in [0.29, 0.717) is 22.3 Å². The number of para-hydroxylation sites is 1. The lowest BCUT2D eigenvalue weighted by atomic mass is 9.85. The van der Waals surface area contributed by atoms with Gasteiger partial charge in [-0.15, -0.1) is 0 Å². The van der Waals surface area contributed by atoms with Crippen LogP contribution in [0.5, 0.6) is 0 Å². The summed E-state index contributed by atoms with van der Waals surface area (Å²) < 4.78 is 47.9. The summed E-state index contributed by atoms with van der Waals surface area (Å²) in [6.45, 7) is 6.93. The van der Waals surface area contributed by atoms with Gasteiger partial charge in [0.2, 0.25) is 11.8 Å². The van der Waals surface area contributed by atoms with Crippen LogP contribution in [0.2, 0.25) is 0 Å². The van der Waals surface area contributed by atoms with Crippen LogP contribution in [-0.4, -0.2) is 79.2 Å². The van der Waals surface area contributed by atoms with Crippen LogP contribution in [0.15, 0.2) is 59.5 Å². The SMILES string of the molecule is Cn1c(=O)n(C2CCC(=O)NC2=O)c2cccc(N3CCN(CC4CCC(n5cc6cc(NC(=O)c7cccc(C(C)(C)F)n7)c(C(F)F)cc6n5)CC4)CC3)c21. The molecule has 1 unspecified atom stereocenters. The molecule has 3 fully saturated rings. The number of anilines is 2. The minimum Gasteiger partial charge on any atom is -0.367 e. The molecule has 16 heteroatoms. The molecule has 0 spiro atoms. The third-order valence-electron chi connectivity index (χ3n) is 11.8. The Labute approximate surface area is 326 Å². The van der Waals surface area contributed by atoms with Gasteiger partial charge in [-0.3, -0.25) is 38.4 Å². The number of halogens is 3. The number of hydrogen-bond acceptors (Lipinski definition) is 8. The molecule has 3 amide bonds. The fraction of sp³-hybridized carbons (Fsp3) is 0.463. The van der Waals surface area contributed by atoms with Crippen molar-refractivity contribution < 1.29 is 27.6 Å². The summed E-state index contributed by atoms with van der Waals surface area (Å²) in [5, 5.41) is 10.3. The van der Waals surface area contributed by atoms with Crippen molar-refractivity contribution in [3.63, 3.8) is 0 Å². The van der Waals surface area contributed by atoms with Gasteiger partial charge in [0.1, 0.15) is 17.4 Å². The van der Waals surface area contributed by atoms with E-state index in [1.54, 1.807) is 11.6 Å². The molecule has 57 heavy (non-hydrogen) atoms. The van der Waals surface area contributed by atoms with E-state index in [4.69, 9.17) is 0 Å². The Bertz CT molecular complexity index is 2420. The first-order valence-corrected chi connectivity index (χ1v) is 19.5. The first-order chi connectivity index (χ1) is 27.2. The largest absolute Gasteiger partial charge is 0.367 e. The molecular formula is C41H46F3N9O4. The van der Waals surface area contributed by atoms with Gasteiger partial charge in [-0.05, 0) is 88.3 Å². The summed E-state index contributed by atoms with van der Waals surface area (Å²) in [7, 11) is 1.73. The van der Waals surface area contributed by atoms with Crippen LogP contribution < -0.4 is 21.2 Å². The second-order valence-corrected chi connectivity index (χ2v) is 16.0. The number of imidazole rings is 1. The molecule has 5 heterocycles. The Kier molecular flexibility index (Phi) is 10.2. The van der Waals surface area contributed by atoms with Gasteiger partial charge in [0.25, 0.3) is 12.3 Å². The average molecular weight is 786 g/mol. The highest BCUT2D eigenvalue weighted by atomic mass is 19.3. The number of fused-ring (bicyclic) bond motifs is 2. The number of benzene rings is 2. The number of nitrogens with one attached hydrogen (secondary N) is 2. The summed E-state index contributed by atoms with van der Waals surface area (Å²) in [6, 6.07) is 12.4. The maximum absolute atomic E-state index is 14.5. The average Bonchev–Trinajstić information content (AvgIpc) is 3.72. The van der Waals surface area contributed by atoms with Crippen LogP contribution in [0, 0.1) is 5.92 Å². The molecule has 2 N–H and O–H groups in total. The van der Waals surface area contributed by atoms with Crippen molar-refractivity contribution in [3.8, 4) is 0 Å². The zero-order chi connectivity index (χ0) is 40.2. The van der Waals surface area contributed by atoms with Gasteiger partial charge in [0, 0.05) is 63.3 Å². The number of piperazine rings is 1. The van der Waals surface area contributed by atoms with Crippen molar-refractivity contribution in [1.82, 2.24) is 34.1 Å². The molecule has 5 aromatic rings. The van der Waals surface area contributed by atoms with Gasteiger partial charge in [0.15, 0.2) is 0 Å². The molecule has 300 valence electrons. The number of pyridine rings is 1. The van der Waals surface area contributed by atoms with Crippen LogP contribution in [0.3, 0.4) is 0 Å². The number of amides is 3. The number of imide groups is 1. The number of hydrogen-bond donors (Lipinski definition) is 2. The van der Waals surface area contributed by atoms with E-state index in [1.807, 2.05) is 29.1 Å². The van der Waals surface area contributed by atoms with E-state index in [2.05, 4.69) is 30.5 Å². The summed E-state index contributed by atoms with van der Waals surface area (Å²) in [6.07, 6.45) is 3.28. The molecule has 0 radical (unpaired) electrons. The number of aromatic nitrogens is 5. The Morgan fingerprint density at radius 1 is 0.982 bits per heavy atom. The van der Waals surface area contributed by atoms with Gasteiger partial charge in [-0.25, -0.2) is 22.9 Å². The molecule has 3 aliphatic rings. The highest BCUT2D eigenvalue weighted by molar-refractivity contribution is 6.04. The van der Waals surface area contributed by atoms with Crippen molar-refractivity contribution >= 4 is 51.0 Å². The molecule has 2 aromatic carbocycles. The van der Waals surface area contributed by atoms with Crippen LogP contribution in [0.25, 0.3) is 21.9 Å². The Morgan fingerprint density at radius 2 is 1.72 bits per heavy atom. The standard InChI is InChI=1S/C41H46F3N9O4/c1-41(2,44)34-9-4-6-28(45-34)38(55)46-30-20-25-23-52(48-29(25)21-27(30)37(42)43)26-12-10-24(11-13-26)22-50-16-18-51(19-17-50)31-7-5-8-32-36(31)49(3)40(57)53(32)33-14-15-35(54)47-39(33)56/h4-9,20-21,23-24,26,33,37H,10-19,22H2,1-3H3,(H,46,55)(H,47,54,56). The number of rotatable bonds is 9. The molecular weight excluding hydrogens is 740 g/mol. The van der Waals surface area contributed by atoms with Crippen LogP contribution in [-0.2, 0) is 22.3 Å². The predicted octanol–water partition coefficient (Wildman–Crippen LogP) is 6.01. The third-order valence-corrected chi connectivity index (χ3v) is 11.8. The van der Waals surface area contributed by atoms with Crippen molar-refractivity contribution in [2.24, 2.45) is 13.0 Å². The fourth-order valence-electron chi connectivity index (χ4n) is 8.69. The molecule has 1 atom stereocenters. The zero-order valence-electron chi connectivity index (χ0n) is 32.2. The quantitative estimate of drug-likeness (QED) is 0.173. The van der Waals surface area contributed by atoms with Crippen LogP contribution >= 0.6 is 0 Å². The van der Waals surface area contributed by atoms with E-state index < -0.39 is 30.0 Å². The van der Waals surface area contributed by atoms with Gasteiger partial charge >= 0.3 is 5.69 Å². The summed E-state index contributed by atoms with van der Waals surface area (Å²) in [5.41, 5.74) is 0.385. The monoisotopic (exact) mass is 785 g/mol. The topological polar surface area (TPSA) is 139 Å². The van der Waals surface area contributed by atoms with E-state index in [9.17, 15) is 32.3 Å². The maximum Gasteiger partial charge on any atom is 0.329 e. The fourth-order valence-corrected chi connectivity index (χ4v) is 8.69. The predicted molar refractivity (Wildman–Crippen MR) is 209 cm³/mol. The van der Waals surface area contributed by atoms with E-state index in [-0.39, 0.29) is 53.1 Å². The number of carbonyl (C=O) groups is 3. The van der Waals surface area contributed by atoms with Crippen molar-refractivity contribution in [2.45, 2.75) is 76.6 Å². The Morgan fingerprint density at radius 3 is 2.42 bits per heavy atom. The summed E-state index contributed by atoms with van der Waals surface area (Å²) in [5.74, 6) is -0.972. The Hall–Kier alpha value is -5.51. The second-order valence-electron chi connectivity index (χ2n) is 16.0. The van der Waals surface area contributed by atoms with Crippen molar-refractivity contribution in [3.05, 3.63) is 82.2 Å². The maximum atomic E-state index is 14.5. The van der Waals surface area contributed by atoms with Gasteiger partial charge in [0.05, 0.1) is 39.7 Å². The molecule has 2 saturated heterocycles. The zero-order valence-corrected chi connectivity index (χ0v) is 32.2. The molecule has 8 rings (SSSR count). The van der Waals surface area contributed by atoms with Gasteiger partial charge in [-0.2, -0.15) is 5.10 Å². The molecule has 1 saturated carbocycles. The normalized spacial score (nSPS) is 21.1. The molecule has 0 bridgehead atoms. The highest BCUT2D eigenvalue weighted by Crippen LogP contribution is 2.37. The molecule has 1 aliphatic carbocycles. The first kappa shape index (κ1) is 38.4. The van der Waals surface area contributed by atoms with Crippen LogP contribution in [0.4, 0.5) is 24.5 Å². The third kappa shape index (κ3) is 7.54. The van der Waals surface area contributed by atoms with E-state index in [1.165, 1.54) is 48.7 Å². The number of carbonyl (C=O) groups excluding carboxylic acids is 3. The number of piperidine rings is 1. The van der Waals surface area contributed by atoms with Crippen LogP contribution in [0.1, 0.15) is 92.6 Å². The number of aryl methyl sites for hydroxylation is 1. The number of nitrogens with zero attached hydrogens (tertiary/aromatic N) is 7. The summed E-state index contributed by atoms with van der Waals surface area (Å²) >= 11 is 0. The Balaban J connectivity index is 0.887. The number of alkyl halides is 3. The summed E-state index contributed by atoms with van der Waals surface area (Å²) in [4.78, 5) is 59.8. The van der Waals surface area contributed by atoms with Crippen molar-refractivity contribution in [1.29, 1.82) is 0 Å². The van der Waals surface area contributed by atoms with Gasteiger partial charge in [-0.1, -0.05) is 12.1 Å². The molecule has 3 aromatic heterocycles. The van der Waals surface area contributed by atoms with E-state index >= 15 is 0 Å². The lowest BCUT2D eigenvalue weighted by Crippen LogP contribution is -2.48. The highest BCUT2D eigenvalue weighted by Gasteiger charge is 2.33. The van der Waals surface area contributed by atoms with Crippen molar-refractivity contribution in [2.75, 3.05) is 42.9 Å². The second kappa shape index (κ2) is 15.1. The minimum atomic E-state index is -2.86. The first-order valence-electron chi connectivity index (χ1n) is 19.5.